The van der Waals surface area contributed by atoms with E-state index in [2.05, 4.69) is 23.1 Å². The largest absolute Gasteiger partial charge is 0.134 e. The van der Waals surface area contributed by atoms with Crippen LogP contribution < -0.4 is 0 Å². The maximum absolute atomic E-state index is 3.10. The van der Waals surface area contributed by atoms with Crippen LogP contribution in [0.1, 0.15) is 52.4 Å². The molecule has 0 radical (unpaired) electrons. The van der Waals surface area contributed by atoms with Crippen LogP contribution >= 0.6 is 9.24 Å². The maximum atomic E-state index is 3.10. The second-order valence-electron chi connectivity index (χ2n) is 7.01. The number of fused-ring (bicyclic) bond motifs is 3. The minimum absolute atomic E-state index is 0.915. The van der Waals surface area contributed by atoms with Gasteiger partial charge in [-0.2, -0.15) is 0 Å². The third-order valence-electron chi connectivity index (χ3n) is 6.09. The number of hydrogen-bond acceptors (Lipinski definition) is 0. The molecule has 3 saturated carbocycles. The van der Waals surface area contributed by atoms with E-state index >= 15 is 0 Å². The summed E-state index contributed by atoms with van der Waals surface area (Å²) in [5.74, 6) is 6.45. The number of hydrogen-bond donors (Lipinski definition) is 0. The molecule has 16 heavy (non-hydrogen) atoms. The molecule has 3 fully saturated rings. The van der Waals surface area contributed by atoms with Crippen molar-refractivity contribution < 1.29 is 0 Å². The van der Waals surface area contributed by atoms with E-state index in [0.717, 1.165) is 41.2 Å². The van der Waals surface area contributed by atoms with Crippen LogP contribution in [-0.4, -0.2) is 5.66 Å². The Hall–Kier alpha value is 0.430. The zero-order chi connectivity index (χ0) is 11.3. The second-order valence-corrected chi connectivity index (χ2v) is 7.95. The molecule has 0 aromatic rings. The molecule has 92 valence electrons. The Morgan fingerprint density at radius 3 is 2.44 bits per heavy atom. The van der Waals surface area contributed by atoms with E-state index in [9.17, 15) is 0 Å². The molecule has 0 aliphatic heterocycles. The van der Waals surface area contributed by atoms with E-state index in [4.69, 9.17) is 0 Å². The van der Waals surface area contributed by atoms with Crippen molar-refractivity contribution in [1.82, 2.24) is 0 Å². The van der Waals surface area contributed by atoms with Crippen molar-refractivity contribution in [2.75, 3.05) is 0 Å². The molecule has 0 bridgehead atoms. The monoisotopic (exact) mass is 238 g/mol. The maximum Gasteiger partial charge on any atom is -0.0261 e. The lowest BCUT2D eigenvalue weighted by Crippen LogP contribution is -2.22. The van der Waals surface area contributed by atoms with Gasteiger partial charge in [-0.15, -0.1) is 9.24 Å². The van der Waals surface area contributed by atoms with Crippen molar-refractivity contribution in [3.63, 3.8) is 0 Å². The van der Waals surface area contributed by atoms with E-state index in [-0.39, 0.29) is 0 Å². The van der Waals surface area contributed by atoms with Gasteiger partial charge in [0.2, 0.25) is 0 Å². The van der Waals surface area contributed by atoms with Gasteiger partial charge < -0.3 is 0 Å². The van der Waals surface area contributed by atoms with Crippen molar-refractivity contribution in [2.24, 2.45) is 35.5 Å². The van der Waals surface area contributed by atoms with Gasteiger partial charge in [-0.25, -0.2) is 0 Å². The summed E-state index contributed by atoms with van der Waals surface area (Å²) in [6.45, 7) is 5.06. The van der Waals surface area contributed by atoms with Crippen LogP contribution in [0.15, 0.2) is 0 Å². The summed E-state index contributed by atoms with van der Waals surface area (Å²) < 4.78 is 0. The first-order valence-corrected chi connectivity index (χ1v) is 8.09. The van der Waals surface area contributed by atoms with Gasteiger partial charge in [0, 0.05) is 0 Å². The first-order chi connectivity index (χ1) is 7.66. The highest BCUT2D eigenvalue weighted by Gasteiger charge is 2.50. The van der Waals surface area contributed by atoms with Gasteiger partial charge >= 0.3 is 0 Å². The van der Waals surface area contributed by atoms with Gasteiger partial charge in [0.25, 0.3) is 0 Å². The minimum atomic E-state index is 0.915. The van der Waals surface area contributed by atoms with E-state index in [0.29, 0.717) is 0 Å². The summed E-state index contributed by atoms with van der Waals surface area (Å²) in [5.41, 5.74) is 0.915. The molecule has 3 aliphatic carbocycles. The topological polar surface area (TPSA) is 0 Å². The summed E-state index contributed by atoms with van der Waals surface area (Å²) in [6, 6.07) is 0. The highest BCUT2D eigenvalue weighted by molar-refractivity contribution is 7.17. The third-order valence-corrected chi connectivity index (χ3v) is 6.70. The molecule has 0 amide bonds. The summed E-state index contributed by atoms with van der Waals surface area (Å²) in [6.07, 6.45) is 9.14. The van der Waals surface area contributed by atoms with Crippen molar-refractivity contribution in [3.05, 3.63) is 0 Å². The van der Waals surface area contributed by atoms with E-state index in [1.165, 1.54) is 25.7 Å². The van der Waals surface area contributed by atoms with Crippen LogP contribution in [0.2, 0.25) is 0 Å². The van der Waals surface area contributed by atoms with Crippen LogP contribution in [0.4, 0.5) is 0 Å². The molecule has 0 nitrogen and oxygen atoms in total. The van der Waals surface area contributed by atoms with Gasteiger partial charge in [0.1, 0.15) is 0 Å². The Bertz CT molecular complexity index is 262. The van der Waals surface area contributed by atoms with Crippen LogP contribution in [0, 0.1) is 35.5 Å². The molecule has 8 unspecified atom stereocenters. The van der Waals surface area contributed by atoms with Gasteiger partial charge in [0.05, 0.1) is 0 Å². The lowest BCUT2D eigenvalue weighted by atomic mass is 9.78. The second kappa shape index (κ2) is 4.27. The quantitative estimate of drug-likeness (QED) is 0.550. The first-order valence-electron chi connectivity index (χ1n) is 7.42. The van der Waals surface area contributed by atoms with Crippen molar-refractivity contribution in [3.8, 4) is 0 Å². The highest BCUT2D eigenvalue weighted by atomic mass is 31.0. The zero-order valence-electron chi connectivity index (χ0n) is 10.9. The van der Waals surface area contributed by atoms with Crippen molar-refractivity contribution in [2.45, 2.75) is 58.0 Å². The lowest BCUT2D eigenvalue weighted by Gasteiger charge is -2.28. The Morgan fingerprint density at radius 1 is 0.812 bits per heavy atom. The average molecular weight is 238 g/mol. The molecular formula is C15H27P. The molecule has 0 aromatic carbocycles. The standard InChI is InChI=1S/C15H27P/c1-9-3-6-13-14(9)8-11-4-5-12(16)7-10(2)15(11)13/h9-15H,3-8,16H2,1-2H3. The Kier molecular flexibility index (Phi) is 3.07. The molecule has 1 heteroatoms. The smallest absolute Gasteiger partial charge is 0.0261 e. The minimum Gasteiger partial charge on any atom is -0.134 e. The van der Waals surface area contributed by atoms with Gasteiger partial charge in [-0.05, 0) is 73.3 Å². The van der Waals surface area contributed by atoms with Gasteiger partial charge in [-0.1, -0.05) is 20.3 Å². The molecule has 0 aromatic heterocycles. The van der Waals surface area contributed by atoms with Gasteiger partial charge in [0.15, 0.2) is 0 Å². The van der Waals surface area contributed by atoms with Crippen molar-refractivity contribution >= 4 is 9.24 Å². The van der Waals surface area contributed by atoms with Crippen LogP contribution in [-0.2, 0) is 0 Å². The fraction of sp³-hybridized carbons (Fsp3) is 1.00. The molecule has 3 aliphatic rings. The summed E-state index contributed by atoms with van der Waals surface area (Å²) >= 11 is 0. The van der Waals surface area contributed by atoms with Crippen LogP contribution in [0.5, 0.6) is 0 Å². The summed E-state index contributed by atoms with van der Waals surface area (Å²) in [7, 11) is 3.10. The molecular weight excluding hydrogens is 211 g/mol. The Labute approximate surface area is 103 Å². The van der Waals surface area contributed by atoms with E-state index < -0.39 is 0 Å². The zero-order valence-corrected chi connectivity index (χ0v) is 12.0. The van der Waals surface area contributed by atoms with Crippen molar-refractivity contribution in [1.29, 1.82) is 0 Å². The SMILES string of the molecule is CC1CCC2C1CC1CCC(P)CC(C)C12. The fourth-order valence-corrected chi connectivity index (χ4v) is 6.05. The lowest BCUT2D eigenvalue weighted by molar-refractivity contribution is 0.212. The summed E-state index contributed by atoms with van der Waals surface area (Å²) in [5, 5.41) is 0. The van der Waals surface area contributed by atoms with Gasteiger partial charge in [-0.3, -0.25) is 0 Å². The third kappa shape index (κ3) is 1.76. The molecule has 3 rings (SSSR count). The Morgan fingerprint density at radius 2 is 1.62 bits per heavy atom. The highest BCUT2D eigenvalue weighted by Crippen LogP contribution is 2.58. The normalized spacial score (nSPS) is 56.8. The number of rotatable bonds is 0. The van der Waals surface area contributed by atoms with Crippen LogP contribution in [0.3, 0.4) is 0 Å². The molecule has 8 atom stereocenters. The predicted molar refractivity (Wildman–Crippen MR) is 73.5 cm³/mol. The van der Waals surface area contributed by atoms with E-state index in [1.807, 2.05) is 0 Å². The Balaban J connectivity index is 1.81. The molecule has 0 saturated heterocycles. The fourth-order valence-electron chi connectivity index (χ4n) is 5.42. The summed E-state index contributed by atoms with van der Waals surface area (Å²) in [4.78, 5) is 0. The average Bonchev–Trinajstić information content (AvgIpc) is 2.71. The first kappa shape index (κ1) is 11.5. The molecule has 0 heterocycles. The predicted octanol–water partition coefficient (Wildman–Crippen LogP) is 4.35. The molecule has 0 N–H and O–H groups in total. The van der Waals surface area contributed by atoms with E-state index in [1.54, 1.807) is 12.8 Å². The molecule has 0 spiro atoms. The van der Waals surface area contributed by atoms with Crippen LogP contribution in [0.25, 0.3) is 0 Å².